The molecule has 1 aromatic carbocycles. The number of aryl methyl sites for hydroxylation is 1. The van der Waals surface area contributed by atoms with E-state index in [0.29, 0.717) is 27.7 Å². The molecule has 1 atom stereocenters. The minimum Gasteiger partial charge on any atom is -0.300 e. The van der Waals surface area contributed by atoms with E-state index in [-0.39, 0.29) is 11.2 Å². The van der Waals surface area contributed by atoms with Crippen molar-refractivity contribution in [3.05, 3.63) is 47.0 Å². The van der Waals surface area contributed by atoms with Gasteiger partial charge < -0.3 is 0 Å². The summed E-state index contributed by atoms with van der Waals surface area (Å²) in [5.74, 6) is 0.527. The van der Waals surface area contributed by atoms with Crippen molar-refractivity contribution in [1.82, 2.24) is 25.0 Å². The topological polar surface area (TPSA) is 85.6 Å². The second kappa shape index (κ2) is 8.64. The highest BCUT2D eigenvalue weighted by molar-refractivity contribution is 8.00. The van der Waals surface area contributed by atoms with Gasteiger partial charge in [0.25, 0.3) is 0 Å². The van der Waals surface area contributed by atoms with E-state index in [1.807, 2.05) is 30.5 Å². The van der Waals surface area contributed by atoms with Gasteiger partial charge >= 0.3 is 0 Å². The second-order valence-electron chi connectivity index (χ2n) is 5.59. The molecule has 7 nitrogen and oxygen atoms in total. The van der Waals surface area contributed by atoms with Crippen LogP contribution in [0.4, 0.5) is 5.13 Å². The summed E-state index contributed by atoms with van der Waals surface area (Å²) in [4.78, 5) is 12.4. The zero-order chi connectivity index (χ0) is 19.4. The number of allylic oxidation sites excluding steroid dienone is 1. The first-order valence-electron chi connectivity index (χ1n) is 8.05. The van der Waals surface area contributed by atoms with Crippen molar-refractivity contribution in [1.29, 1.82) is 0 Å². The largest absolute Gasteiger partial charge is 0.300 e. The van der Waals surface area contributed by atoms with Gasteiger partial charge in [0.2, 0.25) is 11.0 Å². The van der Waals surface area contributed by atoms with Crippen molar-refractivity contribution in [2.45, 2.75) is 30.8 Å². The highest BCUT2D eigenvalue weighted by Gasteiger charge is 2.21. The lowest BCUT2D eigenvalue weighted by Crippen LogP contribution is -2.22. The summed E-state index contributed by atoms with van der Waals surface area (Å²) in [6.45, 7) is 7.97. The van der Waals surface area contributed by atoms with E-state index in [0.717, 1.165) is 10.6 Å². The molecule has 140 valence electrons. The van der Waals surface area contributed by atoms with E-state index in [2.05, 4.69) is 32.3 Å². The minimum atomic E-state index is -0.389. The number of aromatic nitrogens is 5. The van der Waals surface area contributed by atoms with Crippen LogP contribution < -0.4 is 5.32 Å². The normalized spacial score (nSPS) is 12.0. The van der Waals surface area contributed by atoms with Crippen molar-refractivity contribution in [3.8, 4) is 11.4 Å². The molecule has 0 saturated heterocycles. The predicted molar refractivity (Wildman–Crippen MR) is 109 cm³/mol. The van der Waals surface area contributed by atoms with Crippen LogP contribution in [-0.2, 0) is 11.3 Å². The van der Waals surface area contributed by atoms with E-state index in [4.69, 9.17) is 11.6 Å². The molecule has 2 heterocycles. The number of carbonyl (C=O) groups excluding carboxylic acids is 1. The number of hydrogen-bond donors (Lipinski definition) is 1. The van der Waals surface area contributed by atoms with Crippen LogP contribution in [0.1, 0.15) is 11.9 Å². The maximum absolute atomic E-state index is 12.4. The molecule has 2 aromatic heterocycles. The van der Waals surface area contributed by atoms with Crippen LogP contribution in [-0.4, -0.2) is 36.1 Å². The zero-order valence-electron chi connectivity index (χ0n) is 14.7. The molecule has 0 bridgehead atoms. The number of anilines is 1. The number of benzene rings is 1. The molecule has 0 fully saturated rings. The Morgan fingerprint density at radius 1 is 1.33 bits per heavy atom. The fraction of sp³-hybridized carbons (Fsp3) is 0.235. The number of hydrogen-bond acceptors (Lipinski definition) is 7. The van der Waals surface area contributed by atoms with Crippen molar-refractivity contribution >= 4 is 45.7 Å². The second-order valence-corrected chi connectivity index (χ2v) is 8.51. The minimum absolute atomic E-state index is 0.169. The Morgan fingerprint density at radius 3 is 2.70 bits per heavy atom. The molecule has 1 N–H and O–H groups in total. The van der Waals surface area contributed by atoms with E-state index in [1.54, 1.807) is 18.2 Å². The van der Waals surface area contributed by atoms with Crippen molar-refractivity contribution in [2.24, 2.45) is 0 Å². The van der Waals surface area contributed by atoms with E-state index in [1.165, 1.54) is 23.1 Å². The van der Waals surface area contributed by atoms with Crippen LogP contribution in [0.25, 0.3) is 11.4 Å². The third-order valence-electron chi connectivity index (χ3n) is 3.54. The first-order chi connectivity index (χ1) is 13.0. The Balaban J connectivity index is 1.78. The van der Waals surface area contributed by atoms with E-state index in [9.17, 15) is 4.79 Å². The molecule has 0 aliphatic carbocycles. The number of carbonyl (C=O) groups is 1. The van der Waals surface area contributed by atoms with Gasteiger partial charge in [0.1, 0.15) is 5.01 Å². The van der Waals surface area contributed by atoms with Crippen molar-refractivity contribution in [3.63, 3.8) is 0 Å². The summed E-state index contributed by atoms with van der Waals surface area (Å²) >= 11 is 8.62. The predicted octanol–water partition coefficient (Wildman–Crippen LogP) is 4.06. The highest BCUT2D eigenvalue weighted by Crippen LogP contribution is 2.28. The first kappa shape index (κ1) is 19.5. The van der Waals surface area contributed by atoms with Crippen LogP contribution >= 0.6 is 34.7 Å². The van der Waals surface area contributed by atoms with Gasteiger partial charge in [-0.05, 0) is 38.1 Å². The van der Waals surface area contributed by atoms with Crippen LogP contribution in [0.3, 0.4) is 0 Å². The third kappa shape index (κ3) is 4.74. The summed E-state index contributed by atoms with van der Waals surface area (Å²) in [5, 5.41) is 21.3. The Morgan fingerprint density at radius 2 is 2.07 bits per heavy atom. The summed E-state index contributed by atoms with van der Waals surface area (Å²) in [5.41, 5.74) is 0.891. The van der Waals surface area contributed by atoms with Crippen molar-refractivity contribution in [2.75, 3.05) is 5.32 Å². The van der Waals surface area contributed by atoms with Gasteiger partial charge in [0.05, 0.1) is 5.25 Å². The van der Waals surface area contributed by atoms with Crippen LogP contribution in [0, 0.1) is 6.92 Å². The van der Waals surface area contributed by atoms with Crippen LogP contribution in [0.2, 0.25) is 5.02 Å². The lowest BCUT2D eigenvalue weighted by molar-refractivity contribution is -0.115. The fourth-order valence-corrected chi connectivity index (χ4v) is 3.83. The standard InChI is InChI=1S/C17H17ClN6OS2/c1-4-9-24-14(12-5-7-13(18)8-6-12)21-23-17(24)26-10(2)15(25)19-16-22-20-11(3)27-16/h4-8,10H,1,9H2,2-3H3,(H,19,22,25). The lowest BCUT2D eigenvalue weighted by Gasteiger charge is -2.11. The summed E-state index contributed by atoms with van der Waals surface area (Å²) in [6.07, 6.45) is 1.77. The molecule has 3 aromatic rings. The molecule has 0 saturated carbocycles. The number of halogens is 1. The van der Waals surface area contributed by atoms with Gasteiger partial charge in [-0.1, -0.05) is 40.8 Å². The van der Waals surface area contributed by atoms with Gasteiger partial charge in [-0.2, -0.15) is 0 Å². The maximum atomic E-state index is 12.4. The number of rotatable bonds is 7. The molecule has 0 aliphatic heterocycles. The number of nitrogens with zero attached hydrogens (tertiary/aromatic N) is 5. The molecule has 0 spiro atoms. The summed E-state index contributed by atoms with van der Waals surface area (Å²) in [7, 11) is 0. The SMILES string of the molecule is C=CCn1c(SC(C)C(=O)Nc2nnc(C)s2)nnc1-c1ccc(Cl)cc1. The van der Waals surface area contributed by atoms with Gasteiger partial charge in [0, 0.05) is 17.1 Å². The Hall–Kier alpha value is -2.23. The average molecular weight is 421 g/mol. The number of amides is 1. The van der Waals surface area contributed by atoms with Crippen LogP contribution in [0.15, 0.2) is 42.1 Å². The number of thioether (sulfide) groups is 1. The molecular weight excluding hydrogens is 404 g/mol. The summed E-state index contributed by atoms with van der Waals surface area (Å²) < 4.78 is 1.92. The summed E-state index contributed by atoms with van der Waals surface area (Å²) in [6, 6.07) is 7.37. The number of nitrogens with one attached hydrogen (secondary N) is 1. The first-order valence-corrected chi connectivity index (χ1v) is 10.1. The van der Waals surface area contributed by atoms with Gasteiger partial charge in [-0.3, -0.25) is 14.7 Å². The molecule has 0 aliphatic rings. The Labute approximate surface area is 169 Å². The van der Waals surface area contributed by atoms with Crippen molar-refractivity contribution < 1.29 is 4.79 Å². The average Bonchev–Trinajstić information content (AvgIpc) is 3.22. The van der Waals surface area contributed by atoms with Gasteiger partial charge in [-0.15, -0.1) is 27.0 Å². The third-order valence-corrected chi connectivity index (χ3v) is 5.63. The quantitative estimate of drug-likeness (QED) is 0.458. The molecule has 1 unspecified atom stereocenters. The van der Waals surface area contributed by atoms with Gasteiger partial charge in [0.15, 0.2) is 11.0 Å². The lowest BCUT2D eigenvalue weighted by atomic mass is 10.2. The molecule has 0 radical (unpaired) electrons. The van der Waals surface area contributed by atoms with E-state index >= 15 is 0 Å². The van der Waals surface area contributed by atoms with Crippen LogP contribution in [0.5, 0.6) is 0 Å². The highest BCUT2D eigenvalue weighted by atomic mass is 35.5. The van der Waals surface area contributed by atoms with Gasteiger partial charge in [-0.25, -0.2) is 0 Å². The molecule has 1 amide bonds. The Bertz CT molecular complexity index is 953. The molecule has 3 rings (SSSR count). The molecule has 27 heavy (non-hydrogen) atoms. The monoisotopic (exact) mass is 420 g/mol. The Kier molecular flexibility index (Phi) is 6.25. The molecule has 10 heteroatoms. The fourth-order valence-electron chi connectivity index (χ4n) is 2.25. The molecular formula is C17H17ClN6OS2. The van der Waals surface area contributed by atoms with E-state index < -0.39 is 0 Å². The smallest absolute Gasteiger partial charge is 0.239 e. The zero-order valence-corrected chi connectivity index (χ0v) is 17.1. The maximum Gasteiger partial charge on any atom is 0.239 e.